The first-order chi connectivity index (χ1) is 14.6. The summed E-state index contributed by atoms with van der Waals surface area (Å²) in [5.74, 6) is 1.59. The second-order valence-electron chi connectivity index (χ2n) is 6.68. The number of halogens is 2. The number of nitrogens with zero attached hydrogens (tertiary/aromatic N) is 3. The van der Waals surface area contributed by atoms with Gasteiger partial charge in [-0.3, -0.25) is 4.90 Å². The number of hydrogen-bond acceptors (Lipinski definition) is 7. The van der Waals surface area contributed by atoms with Gasteiger partial charge >= 0.3 is 0 Å². The summed E-state index contributed by atoms with van der Waals surface area (Å²) < 4.78 is 36.6. The van der Waals surface area contributed by atoms with Crippen molar-refractivity contribution in [2.24, 2.45) is 0 Å². The maximum atomic E-state index is 13.4. The summed E-state index contributed by atoms with van der Waals surface area (Å²) in [6.45, 7) is 4.66. The standard InChI is InChI=1S/C21H21BrFN3O4/c1-27-19-11-15-17(12-20(19)29-9-6-26-4-7-28-8-5-26)24-13-25-21(15)30-18-3-2-14(23)10-16(18)22/h2-3,10-13H,4-9H2,1H3. The van der Waals surface area contributed by atoms with Crippen LogP contribution in [0.2, 0.25) is 0 Å². The topological polar surface area (TPSA) is 65.9 Å². The molecular formula is C21H21BrFN3O4. The molecule has 3 aromatic rings. The molecule has 0 radical (unpaired) electrons. The third-order valence-electron chi connectivity index (χ3n) is 4.75. The lowest BCUT2D eigenvalue weighted by Crippen LogP contribution is -2.38. The minimum atomic E-state index is -0.359. The van der Waals surface area contributed by atoms with E-state index in [9.17, 15) is 4.39 Å². The van der Waals surface area contributed by atoms with Crippen molar-refractivity contribution < 1.29 is 23.3 Å². The molecule has 0 atom stereocenters. The van der Waals surface area contributed by atoms with E-state index in [1.165, 1.54) is 24.5 Å². The van der Waals surface area contributed by atoms with Gasteiger partial charge in [-0.25, -0.2) is 14.4 Å². The van der Waals surface area contributed by atoms with Gasteiger partial charge in [-0.1, -0.05) is 0 Å². The summed E-state index contributed by atoms with van der Waals surface area (Å²) in [4.78, 5) is 10.9. The average molecular weight is 478 g/mol. The molecule has 0 unspecified atom stereocenters. The number of fused-ring (bicyclic) bond motifs is 1. The maximum absolute atomic E-state index is 13.4. The molecule has 2 heterocycles. The zero-order valence-corrected chi connectivity index (χ0v) is 18.0. The Balaban J connectivity index is 1.55. The highest BCUT2D eigenvalue weighted by Gasteiger charge is 2.15. The summed E-state index contributed by atoms with van der Waals surface area (Å²) in [6, 6.07) is 7.78. The Labute approximate surface area is 181 Å². The van der Waals surface area contributed by atoms with Gasteiger partial charge in [0, 0.05) is 25.7 Å². The number of aromatic nitrogens is 2. The number of methoxy groups -OCH3 is 1. The van der Waals surface area contributed by atoms with E-state index in [-0.39, 0.29) is 5.82 Å². The first-order valence-corrected chi connectivity index (χ1v) is 10.3. The minimum Gasteiger partial charge on any atom is -0.493 e. The lowest BCUT2D eigenvalue weighted by molar-refractivity contribution is 0.0321. The fourth-order valence-corrected chi connectivity index (χ4v) is 3.60. The highest BCUT2D eigenvalue weighted by atomic mass is 79.9. The van der Waals surface area contributed by atoms with E-state index >= 15 is 0 Å². The van der Waals surface area contributed by atoms with Crippen LogP contribution < -0.4 is 14.2 Å². The molecule has 2 aromatic carbocycles. The van der Waals surface area contributed by atoms with Crippen LogP contribution >= 0.6 is 15.9 Å². The molecule has 30 heavy (non-hydrogen) atoms. The van der Waals surface area contributed by atoms with Crippen molar-refractivity contribution in [1.29, 1.82) is 0 Å². The molecule has 1 fully saturated rings. The summed E-state index contributed by atoms with van der Waals surface area (Å²) in [7, 11) is 1.58. The first-order valence-electron chi connectivity index (χ1n) is 9.52. The normalized spacial score (nSPS) is 14.6. The number of hydrogen-bond donors (Lipinski definition) is 0. The molecule has 0 amide bonds. The average Bonchev–Trinajstić information content (AvgIpc) is 2.76. The number of ether oxygens (including phenoxy) is 4. The molecule has 9 heteroatoms. The fourth-order valence-electron chi connectivity index (χ4n) is 3.17. The van der Waals surface area contributed by atoms with E-state index in [1.54, 1.807) is 13.2 Å². The quantitative estimate of drug-likeness (QED) is 0.508. The van der Waals surface area contributed by atoms with Crippen LogP contribution in [0.4, 0.5) is 4.39 Å². The molecule has 1 aliphatic heterocycles. The molecule has 0 saturated carbocycles. The Morgan fingerprint density at radius 2 is 1.93 bits per heavy atom. The van der Waals surface area contributed by atoms with Gasteiger partial charge in [-0.2, -0.15) is 0 Å². The molecule has 0 bridgehead atoms. The van der Waals surface area contributed by atoms with Gasteiger partial charge in [0.1, 0.15) is 24.5 Å². The Hall–Kier alpha value is -2.49. The molecule has 4 rings (SSSR count). The van der Waals surface area contributed by atoms with Crippen LogP contribution in [0.3, 0.4) is 0 Å². The second kappa shape index (κ2) is 9.55. The predicted octanol–water partition coefficient (Wildman–Crippen LogP) is 4.04. The van der Waals surface area contributed by atoms with E-state index in [1.807, 2.05) is 6.07 Å². The van der Waals surface area contributed by atoms with E-state index < -0.39 is 0 Å². The molecule has 0 spiro atoms. The lowest BCUT2D eigenvalue weighted by atomic mass is 10.2. The fraction of sp³-hybridized carbons (Fsp3) is 0.333. The van der Waals surface area contributed by atoms with Crippen LogP contribution in [0.1, 0.15) is 0 Å². The van der Waals surface area contributed by atoms with Gasteiger partial charge in [0.15, 0.2) is 11.5 Å². The van der Waals surface area contributed by atoms with E-state index in [4.69, 9.17) is 18.9 Å². The van der Waals surface area contributed by atoms with E-state index in [0.717, 1.165) is 32.8 Å². The highest BCUT2D eigenvalue weighted by molar-refractivity contribution is 9.10. The zero-order valence-electron chi connectivity index (χ0n) is 16.4. The van der Waals surface area contributed by atoms with Crippen molar-refractivity contribution in [3.63, 3.8) is 0 Å². The van der Waals surface area contributed by atoms with Gasteiger partial charge in [0.2, 0.25) is 5.88 Å². The largest absolute Gasteiger partial charge is 0.493 e. The molecular weight excluding hydrogens is 457 g/mol. The molecule has 158 valence electrons. The van der Waals surface area contributed by atoms with Crippen LogP contribution in [-0.2, 0) is 4.74 Å². The van der Waals surface area contributed by atoms with Crippen molar-refractivity contribution in [3.05, 3.63) is 46.9 Å². The van der Waals surface area contributed by atoms with Gasteiger partial charge < -0.3 is 18.9 Å². The van der Waals surface area contributed by atoms with Crippen LogP contribution in [0.5, 0.6) is 23.1 Å². The lowest BCUT2D eigenvalue weighted by Gasteiger charge is -2.26. The third-order valence-corrected chi connectivity index (χ3v) is 5.37. The molecule has 0 aliphatic carbocycles. The Bertz CT molecular complexity index is 1030. The third kappa shape index (κ3) is 4.80. The van der Waals surface area contributed by atoms with Crippen molar-refractivity contribution in [3.8, 4) is 23.1 Å². The van der Waals surface area contributed by atoms with Gasteiger partial charge in [0.25, 0.3) is 0 Å². The van der Waals surface area contributed by atoms with E-state index in [0.29, 0.717) is 45.1 Å². The summed E-state index contributed by atoms with van der Waals surface area (Å²) in [6.07, 6.45) is 1.42. The first kappa shape index (κ1) is 20.8. The van der Waals surface area contributed by atoms with Crippen molar-refractivity contribution in [1.82, 2.24) is 14.9 Å². The smallest absolute Gasteiger partial charge is 0.230 e. The SMILES string of the molecule is COc1cc2c(Oc3ccc(F)cc3Br)ncnc2cc1OCCN1CCOCC1. The molecule has 0 N–H and O–H groups in total. The number of benzene rings is 2. The van der Waals surface area contributed by atoms with Gasteiger partial charge in [-0.05, 0) is 40.2 Å². The Morgan fingerprint density at radius 3 is 2.70 bits per heavy atom. The maximum Gasteiger partial charge on any atom is 0.230 e. The molecule has 1 aliphatic rings. The highest BCUT2D eigenvalue weighted by Crippen LogP contribution is 2.37. The van der Waals surface area contributed by atoms with Crippen molar-refractivity contribution in [2.75, 3.05) is 46.6 Å². The Kier molecular flexibility index (Phi) is 6.61. The summed E-state index contributed by atoms with van der Waals surface area (Å²) in [5, 5.41) is 0.658. The van der Waals surface area contributed by atoms with Crippen LogP contribution in [0, 0.1) is 5.82 Å². The summed E-state index contributed by atoms with van der Waals surface area (Å²) in [5.41, 5.74) is 0.653. The molecule has 7 nitrogen and oxygen atoms in total. The van der Waals surface area contributed by atoms with Crippen LogP contribution in [0.25, 0.3) is 10.9 Å². The van der Waals surface area contributed by atoms with Crippen molar-refractivity contribution >= 4 is 26.8 Å². The second-order valence-corrected chi connectivity index (χ2v) is 7.53. The minimum absolute atomic E-state index is 0.338. The van der Waals surface area contributed by atoms with Crippen molar-refractivity contribution in [2.45, 2.75) is 0 Å². The molecule has 1 saturated heterocycles. The van der Waals surface area contributed by atoms with Crippen LogP contribution in [0.15, 0.2) is 41.1 Å². The Morgan fingerprint density at radius 1 is 1.10 bits per heavy atom. The van der Waals surface area contributed by atoms with Gasteiger partial charge in [0.05, 0.1) is 35.7 Å². The summed E-state index contributed by atoms with van der Waals surface area (Å²) >= 11 is 3.30. The van der Waals surface area contributed by atoms with Crippen LogP contribution in [-0.4, -0.2) is 61.4 Å². The van der Waals surface area contributed by atoms with Gasteiger partial charge in [-0.15, -0.1) is 0 Å². The predicted molar refractivity (Wildman–Crippen MR) is 113 cm³/mol. The number of rotatable bonds is 7. The molecule has 1 aromatic heterocycles. The zero-order chi connectivity index (χ0) is 20.9. The van der Waals surface area contributed by atoms with E-state index in [2.05, 4.69) is 30.8 Å². The number of morpholine rings is 1. The monoisotopic (exact) mass is 477 g/mol.